The fourth-order valence-electron chi connectivity index (χ4n) is 3.79. The molecule has 0 fully saturated rings. The van der Waals surface area contributed by atoms with E-state index in [2.05, 4.69) is 83.1 Å². The van der Waals surface area contributed by atoms with Gasteiger partial charge in [-0.1, -0.05) is 78.4 Å². The summed E-state index contributed by atoms with van der Waals surface area (Å²) in [5.41, 5.74) is 11.6. The zero-order valence-electron chi connectivity index (χ0n) is 22.3. The molecule has 0 N–H and O–H groups in total. The molecule has 0 unspecified atom stereocenters. The van der Waals surface area contributed by atoms with Crippen molar-refractivity contribution in [3.63, 3.8) is 0 Å². The standard InChI is InChI=1S/C25H27N3.C7H8.Ru/c1-16-10-7-11-17(2)24(16)26-20(5)22-14-9-15-23(28-22)21(6)27-25-18(3)12-8-13-19(25)4;1-7-5-3-2-4-6-7;/h7-15H,1-6H3;2-6H,1H3;. The Labute approximate surface area is 229 Å². The van der Waals surface area contributed by atoms with Crippen molar-refractivity contribution in [2.45, 2.75) is 48.5 Å². The van der Waals surface area contributed by atoms with Crippen molar-refractivity contribution in [1.82, 2.24) is 4.98 Å². The second kappa shape index (κ2) is 13.8. The second-order valence-corrected chi connectivity index (χ2v) is 8.94. The van der Waals surface area contributed by atoms with Gasteiger partial charge in [0.05, 0.1) is 34.2 Å². The zero-order valence-corrected chi connectivity index (χ0v) is 24.0. The number of aromatic nitrogens is 1. The van der Waals surface area contributed by atoms with Gasteiger partial charge in [0.25, 0.3) is 0 Å². The van der Waals surface area contributed by atoms with Gasteiger partial charge in [-0.2, -0.15) is 0 Å². The summed E-state index contributed by atoms with van der Waals surface area (Å²) < 4.78 is 0. The molecule has 4 heteroatoms. The number of nitrogens with zero attached hydrogens (tertiary/aromatic N) is 3. The molecule has 0 bridgehead atoms. The molecular weight excluding hydrogens is 527 g/mol. The second-order valence-electron chi connectivity index (χ2n) is 8.94. The van der Waals surface area contributed by atoms with Crippen molar-refractivity contribution in [3.05, 3.63) is 124 Å². The molecule has 0 aliphatic carbocycles. The summed E-state index contributed by atoms with van der Waals surface area (Å²) in [6, 6.07) is 28.8. The van der Waals surface area contributed by atoms with Crippen LogP contribution in [0.5, 0.6) is 0 Å². The molecule has 0 spiro atoms. The molecule has 0 radical (unpaired) electrons. The number of benzene rings is 3. The number of hydrogen-bond donors (Lipinski definition) is 0. The number of pyridine rings is 1. The molecule has 1 heterocycles. The summed E-state index contributed by atoms with van der Waals surface area (Å²) in [6.45, 7) is 14.5. The van der Waals surface area contributed by atoms with Gasteiger partial charge in [0, 0.05) is 19.5 Å². The molecule has 4 rings (SSSR count). The Morgan fingerprint density at radius 2 is 0.861 bits per heavy atom. The van der Waals surface area contributed by atoms with Gasteiger partial charge in [-0.25, -0.2) is 4.98 Å². The van der Waals surface area contributed by atoms with E-state index in [4.69, 9.17) is 15.0 Å². The van der Waals surface area contributed by atoms with E-state index < -0.39 is 0 Å². The van der Waals surface area contributed by atoms with Gasteiger partial charge < -0.3 is 0 Å². The minimum absolute atomic E-state index is 0. The molecule has 3 aromatic carbocycles. The van der Waals surface area contributed by atoms with E-state index in [-0.39, 0.29) is 19.5 Å². The molecule has 4 aromatic rings. The summed E-state index contributed by atoms with van der Waals surface area (Å²) in [5, 5.41) is 0. The molecule has 0 saturated heterocycles. The van der Waals surface area contributed by atoms with E-state index in [9.17, 15) is 0 Å². The van der Waals surface area contributed by atoms with Crippen LogP contribution in [0.1, 0.15) is 53.1 Å². The predicted molar refractivity (Wildman–Crippen MR) is 151 cm³/mol. The molecular formula is C32H35N3Ru. The van der Waals surface area contributed by atoms with Crippen molar-refractivity contribution in [3.8, 4) is 0 Å². The van der Waals surface area contributed by atoms with Crippen LogP contribution in [0.25, 0.3) is 0 Å². The first-order valence-corrected chi connectivity index (χ1v) is 12.0. The maximum absolute atomic E-state index is 4.86. The van der Waals surface area contributed by atoms with Crippen molar-refractivity contribution < 1.29 is 19.5 Å². The Kier molecular flexibility index (Phi) is 11.1. The molecule has 0 aliphatic rings. The quantitative estimate of drug-likeness (QED) is 0.181. The van der Waals surface area contributed by atoms with Crippen LogP contribution in [0.15, 0.2) is 94.9 Å². The topological polar surface area (TPSA) is 37.6 Å². The van der Waals surface area contributed by atoms with E-state index in [0.717, 1.165) is 34.2 Å². The van der Waals surface area contributed by atoms with Crippen LogP contribution in [0.3, 0.4) is 0 Å². The third kappa shape index (κ3) is 7.90. The monoisotopic (exact) mass is 563 g/mol. The minimum Gasteiger partial charge on any atom is -0.251 e. The van der Waals surface area contributed by atoms with Crippen LogP contribution < -0.4 is 0 Å². The number of aliphatic imine (C=N–C) groups is 2. The summed E-state index contributed by atoms with van der Waals surface area (Å²) in [7, 11) is 0. The normalized spacial score (nSPS) is 11.3. The van der Waals surface area contributed by atoms with E-state index >= 15 is 0 Å². The fraction of sp³-hybridized carbons (Fsp3) is 0.219. The molecule has 0 atom stereocenters. The van der Waals surface area contributed by atoms with Gasteiger partial charge in [0.1, 0.15) is 0 Å². The van der Waals surface area contributed by atoms with Crippen LogP contribution in [-0.2, 0) is 19.5 Å². The molecule has 36 heavy (non-hydrogen) atoms. The van der Waals surface area contributed by atoms with Crippen LogP contribution >= 0.6 is 0 Å². The fourth-order valence-corrected chi connectivity index (χ4v) is 3.79. The summed E-state index contributed by atoms with van der Waals surface area (Å²) in [5.74, 6) is 0. The van der Waals surface area contributed by atoms with Crippen molar-refractivity contribution in [2.75, 3.05) is 0 Å². The largest absolute Gasteiger partial charge is 0.251 e. The number of aryl methyl sites for hydroxylation is 5. The van der Waals surface area contributed by atoms with E-state index in [1.807, 2.05) is 50.2 Å². The number of rotatable bonds is 4. The molecule has 3 nitrogen and oxygen atoms in total. The van der Waals surface area contributed by atoms with Gasteiger partial charge in [-0.3, -0.25) is 9.98 Å². The first-order valence-electron chi connectivity index (χ1n) is 12.0. The first-order chi connectivity index (χ1) is 16.8. The average molecular weight is 563 g/mol. The zero-order chi connectivity index (χ0) is 25.4. The Hall–Kier alpha value is -3.23. The van der Waals surface area contributed by atoms with Gasteiger partial charge in [-0.15, -0.1) is 0 Å². The molecule has 1 aromatic heterocycles. The predicted octanol–water partition coefficient (Wildman–Crippen LogP) is 8.59. The average Bonchev–Trinajstić information content (AvgIpc) is 2.84. The van der Waals surface area contributed by atoms with Crippen LogP contribution in [-0.4, -0.2) is 16.4 Å². The Balaban J connectivity index is 0.000000492. The van der Waals surface area contributed by atoms with Crippen molar-refractivity contribution >= 4 is 22.8 Å². The maximum atomic E-state index is 4.86. The Morgan fingerprint density at radius 1 is 0.500 bits per heavy atom. The van der Waals surface area contributed by atoms with Gasteiger partial charge >= 0.3 is 0 Å². The van der Waals surface area contributed by atoms with Crippen LogP contribution in [0, 0.1) is 34.6 Å². The SMILES string of the molecule is CC(=Nc1c(C)cccc1C)c1cccc(C(C)=Nc2c(C)cccc2C)n1.Cc1ccccc1.[Ru]. The molecule has 186 valence electrons. The van der Waals surface area contributed by atoms with E-state index in [1.54, 1.807) is 0 Å². The Bertz CT molecular complexity index is 1230. The number of para-hydroxylation sites is 2. The Morgan fingerprint density at radius 3 is 1.19 bits per heavy atom. The molecule has 0 aliphatic heterocycles. The number of hydrogen-bond acceptors (Lipinski definition) is 3. The molecule has 0 amide bonds. The van der Waals surface area contributed by atoms with Crippen LogP contribution in [0.2, 0.25) is 0 Å². The van der Waals surface area contributed by atoms with Crippen molar-refractivity contribution in [2.24, 2.45) is 9.98 Å². The van der Waals surface area contributed by atoms with Gasteiger partial charge in [-0.05, 0) is 82.9 Å². The summed E-state index contributed by atoms with van der Waals surface area (Å²) >= 11 is 0. The first kappa shape index (κ1) is 29.0. The third-order valence-electron chi connectivity index (χ3n) is 5.87. The van der Waals surface area contributed by atoms with Crippen molar-refractivity contribution in [1.29, 1.82) is 0 Å². The minimum atomic E-state index is 0. The smallest absolute Gasteiger partial charge is 0.0849 e. The summed E-state index contributed by atoms with van der Waals surface area (Å²) in [6.07, 6.45) is 0. The summed E-state index contributed by atoms with van der Waals surface area (Å²) in [4.78, 5) is 14.5. The third-order valence-corrected chi connectivity index (χ3v) is 5.87. The van der Waals surface area contributed by atoms with Crippen LogP contribution in [0.4, 0.5) is 11.4 Å². The van der Waals surface area contributed by atoms with Gasteiger partial charge in [0.2, 0.25) is 0 Å². The van der Waals surface area contributed by atoms with E-state index in [1.165, 1.54) is 27.8 Å². The van der Waals surface area contributed by atoms with E-state index in [0.29, 0.717) is 0 Å². The van der Waals surface area contributed by atoms with Gasteiger partial charge in [0.15, 0.2) is 0 Å². The maximum Gasteiger partial charge on any atom is 0.0849 e. The molecule has 0 saturated carbocycles.